The molecule has 20 heavy (non-hydrogen) atoms. The Kier molecular flexibility index (Phi) is 4.23. The average molecular weight is 281 g/mol. The van der Waals surface area contributed by atoms with Gasteiger partial charge < -0.3 is 20.3 Å². The van der Waals surface area contributed by atoms with Crippen molar-refractivity contribution < 1.29 is 14.4 Å². The van der Waals surface area contributed by atoms with E-state index in [2.05, 4.69) is 15.0 Å². The third kappa shape index (κ3) is 2.74. The van der Waals surface area contributed by atoms with Gasteiger partial charge in [0.25, 0.3) is 5.91 Å². The van der Waals surface area contributed by atoms with Gasteiger partial charge >= 0.3 is 0 Å². The molecule has 2 heterocycles. The maximum absolute atomic E-state index is 12.2. The van der Waals surface area contributed by atoms with Gasteiger partial charge in [-0.2, -0.15) is 0 Å². The molecule has 110 valence electrons. The van der Waals surface area contributed by atoms with Crippen LogP contribution in [0.2, 0.25) is 0 Å². The Morgan fingerprint density at radius 1 is 1.50 bits per heavy atom. The minimum atomic E-state index is -0.149. The summed E-state index contributed by atoms with van der Waals surface area (Å²) in [7, 11) is 0. The molecule has 1 atom stereocenters. The monoisotopic (exact) mass is 281 g/mol. The maximum atomic E-state index is 12.2. The molecule has 0 spiro atoms. The summed E-state index contributed by atoms with van der Waals surface area (Å²) in [5, 5.41) is 11.7. The second-order valence-electron chi connectivity index (χ2n) is 4.80. The first-order valence-corrected chi connectivity index (χ1v) is 6.45. The highest BCUT2D eigenvalue weighted by atomic mass is 16.4. The summed E-state index contributed by atoms with van der Waals surface area (Å²) in [6.07, 6.45) is 1.28. The van der Waals surface area contributed by atoms with Gasteiger partial charge in [-0.3, -0.25) is 9.69 Å². The number of nitrogens with zero attached hydrogens (tertiary/aromatic N) is 4. The Hall–Kier alpha value is -2.09. The molecule has 1 fully saturated rings. The molecule has 0 bridgehead atoms. The molecule has 0 saturated carbocycles. The number of amidine groups is 1. The zero-order valence-corrected chi connectivity index (χ0v) is 11.6. The number of rotatable bonds is 3. The van der Waals surface area contributed by atoms with Crippen LogP contribution in [-0.4, -0.2) is 64.0 Å². The zero-order valence-electron chi connectivity index (χ0n) is 11.6. The maximum Gasteiger partial charge on any atom is 0.291 e. The molecule has 1 aliphatic rings. The van der Waals surface area contributed by atoms with Crippen LogP contribution in [0, 0.1) is 6.92 Å². The highest BCUT2D eigenvalue weighted by Gasteiger charge is 2.28. The number of nitrogens with two attached hydrogens (primary N) is 1. The second kappa shape index (κ2) is 5.91. The summed E-state index contributed by atoms with van der Waals surface area (Å²) in [5.41, 5.74) is 6.19. The molecule has 8 heteroatoms. The lowest BCUT2D eigenvalue weighted by molar-refractivity contribution is 0.0587. The first kappa shape index (κ1) is 14.3. The molecule has 1 aromatic rings. The molecule has 0 radical (unpaired) electrons. The normalized spacial score (nSPS) is 19.1. The highest BCUT2D eigenvalue weighted by molar-refractivity contribution is 5.92. The summed E-state index contributed by atoms with van der Waals surface area (Å²) >= 11 is 0. The number of hydrogen-bond donors (Lipinski definition) is 2. The first-order valence-electron chi connectivity index (χ1n) is 6.45. The number of amides is 1. The Bertz CT molecular complexity index is 505. The van der Waals surface area contributed by atoms with E-state index in [0.29, 0.717) is 37.6 Å². The van der Waals surface area contributed by atoms with Crippen LogP contribution in [0.25, 0.3) is 0 Å². The fourth-order valence-electron chi connectivity index (χ4n) is 2.23. The number of aromatic nitrogens is 1. The number of oxime groups is 1. The Morgan fingerprint density at radius 3 is 2.65 bits per heavy atom. The average Bonchev–Trinajstić information content (AvgIpc) is 2.91. The number of piperazine rings is 1. The number of aryl methyl sites for hydroxylation is 1. The molecule has 0 aliphatic carbocycles. The van der Waals surface area contributed by atoms with E-state index in [1.165, 1.54) is 6.39 Å². The van der Waals surface area contributed by atoms with Crippen LogP contribution in [-0.2, 0) is 0 Å². The molecule has 1 amide bonds. The third-order valence-corrected chi connectivity index (χ3v) is 3.63. The second-order valence-corrected chi connectivity index (χ2v) is 4.80. The summed E-state index contributed by atoms with van der Waals surface area (Å²) in [5.74, 6) is 0.329. The van der Waals surface area contributed by atoms with Crippen LogP contribution in [0.3, 0.4) is 0 Å². The van der Waals surface area contributed by atoms with Gasteiger partial charge in [-0.1, -0.05) is 5.16 Å². The molecule has 1 unspecified atom stereocenters. The van der Waals surface area contributed by atoms with Gasteiger partial charge in [-0.25, -0.2) is 4.98 Å². The molecular weight excluding hydrogens is 262 g/mol. The molecule has 1 aliphatic heterocycles. The molecule has 2 rings (SSSR count). The van der Waals surface area contributed by atoms with Gasteiger partial charge in [0.1, 0.15) is 0 Å². The Morgan fingerprint density at radius 2 is 2.15 bits per heavy atom. The number of oxazole rings is 1. The van der Waals surface area contributed by atoms with Crippen molar-refractivity contribution in [3.05, 3.63) is 17.8 Å². The van der Waals surface area contributed by atoms with Crippen molar-refractivity contribution in [2.75, 3.05) is 26.2 Å². The fourth-order valence-corrected chi connectivity index (χ4v) is 2.23. The van der Waals surface area contributed by atoms with Gasteiger partial charge in [0.2, 0.25) is 5.76 Å². The molecule has 1 aromatic heterocycles. The van der Waals surface area contributed by atoms with E-state index in [0.717, 1.165) is 0 Å². The Balaban J connectivity index is 1.95. The SMILES string of the molecule is Cc1ncoc1C(=O)N1CCN(C(C)C(N)=NO)CC1. The van der Waals surface area contributed by atoms with Crippen molar-refractivity contribution in [3.8, 4) is 0 Å². The number of carbonyl (C=O) groups is 1. The molecule has 3 N–H and O–H groups in total. The first-order chi connectivity index (χ1) is 9.54. The zero-order chi connectivity index (χ0) is 14.7. The molecule has 0 aromatic carbocycles. The van der Waals surface area contributed by atoms with Crippen molar-refractivity contribution >= 4 is 11.7 Å². The van der Waals surface area contributed by atoms with E-state index in [-0.39, 0.29) is 17.8 Å². The van der Waals surface area contributed by atoms with Gasteiger partial charge in [-0.05, 0) is 13.8 Å². The highest BCUT2D eigenvalue weighted by Crippen LogP contribution is 2.13. The third-order valence-electron chi connectivity index (χ3n) is 3.63. The van der Waals surface area contributed by atoms with Crippen molar-refractivity contribution in [1.29, 1.82) is 0 Å². The summed E-state index contributed by atoms with van der Waals surface area (Å²) in [6, 6.07) is -0.149. The van der Waals surface area contributed by atoms with Gasteiger partial charge in [-0.15, -0.1) is 0 Å². The predicted molar refractivity (Wildman–Crippen MR) is 71.6 cm³/mol. The molecule has 8 nitrogen and oxygen atoms in total. The van der Waals surface area contributed by atoms with Crippen LogP contribution in [0.15, 0.2) is 16.0 Å². The lowest BCUT2D eigenvalue weighted by Crippen LogP contribution is -2.54. The number of hydrogen-bond acceptors (Lipinski definition) is 6. The Labute approximate surface area is 116 Å². The van der Waals surface area contributed by atoms with E-state index >= 15 is 0 Å². The van der Waals surface area contributed by atoms with E-state index in [1.807, 2.05) is 6.92 Å². The summed E-state index contributed by atoms with van der Waals surface area (Å²) in [6.45, 7) is 6.08. The van der Waals surface area contributed by atoms with Crippen molar-refractivity contribution in [2.24, 2.45) is 10.9 Å². The van der Waals surface area contributed by atoms with E-state index < -0.39 is 0 Å². The predicted octanol–water partition coefficient (Wildman–Crippen LogP) is -0.124. The van der Waals surface area contributed by atoms with Crippen molar-refractivity contribution in [3.63, 3.8) is 0 Å². The van der Waals surface area contributed by atoms with Crippen LogP contribution in [0.1, 0.15) is 23.2 Å². The summed E-state index contributed by atoms with van der Waals surface area (Å²) < 4.78 is 5.12. The standard InChI is InChI=1S/C12H19N5O3/c1-8-10(20-7-14-8)12(18)17-5-3-16(4-6-17)9(2)11(13)15-19/h7,9,19H,3-6H2,1-2H3,(H2,13,15). The van der Waals surface area contributed by atoms with Gasteiger partial charge in [0, 0.05) is 26.2 Å². The van der Waals surface area contributed by atoms with Gasteiger partial charge in [0.05, 0.1) is 11.7 Å². The largest absolute Gasteiger partial charge is 0.438 e. The quantitative estimate of drug-likeness (QED) is 0.346. The number of carbonyl (C=O) groups excluding carboxylic acids is 1. The molecule has 1 saturated heterocycles. The van der Waals surface area contributed by atoms with Crippen molar-refractivity contribution in [2.45, 2.75) is 19.9 Å². The van der Waals surface area contributed by atoms with Crippen LogP contribution in [0.5, 0.6) is 0 Å². The summed E-state index contributed by atoms with van der Waals surface area (Å²) in [4.78, 5) is 19.9. The van der Waals surface area contributed by atoms with E-state index in [9.17, 15) is 4.79 Å². The smallest absolute Gasteiger partial charge is 0.291 e. The molecular formula is C12H19N5O3. The van der Waals surface area contributed by atoms with Crippen LogP contribution < -0.4 is 5.73 Å². The minimum Gasteiger partial charge on any atom is -0.438 e. The van der Waals surface area contributed by atoms with Crippen molar-refractivity contribution in [1.82, 2.24) is 14.8 Å². The van der Waals surface area contributed by atoms with E-state index in [4.69, 9.17) is 15.4 Å². The topological polar surface area (TPSA) is 108 Å². The van der Waals surface area contributed by atoms with Gasteiger partial charge in [0.15, 0.2) is 12.2 Å². The lowest BCUT2D eigenvalue weighted by Gasteiger charge is -2.37. The van der Waals surface area contributed by atoms with Crippen LogP contribution >= 0.6 is 0 Å². The fraction of sp³-hybridized carbons (Fsp3) is 0.583. The van der Waals surface area contributed by atoms with Crippen LogP contribution in [0.4, 0.5) is 0 Å². The van der Waals surface area contributed by atoms with E-state index in [1.54, 1.807) is 11.8 Å². The lowest BCUT2D eigenvalue weighted by atomic mass is 10.2. The minimum absolute atomic E-state index is 0.142.